The minimum absolute atomic E-state index is 0.0230. The lowest BCUT2D eigenvalue weighted by Crippen LogP contribution is -2.32. The van der Waals surface area contributed by atoms with E-state index in [1.807, 2.05) is 32.0 Å². The van der Waals surface area contributed by atoms with Gasteiger partial charge in [0.15, 0.2) is 0 Å². The quantitative estimate of drug-likeness (QED) is 0.610. The Balaban J connectivity index is 1.86. The van der Waals surface area contributed by atoms with Crippen molar-refractivity contribution in [1.29, 1.82) is 0 Å². The summed E-state index contributed by atoms with van der Waals surface area (Å²) in [6.45, 7) is 5.84. The molecule has 1 N–H and O–H groups in total. The number of amides is 2. The zero-order valence-electron chi connectivity index (χ0n) is 15.7. The Morgan fingerprint density at radius 1 is 1.07 bits per heavy atom. The fourth-order valence-corrected chi connectivity index (χ4v) is 3.04. The van der Waals surface area contributed by atoms with E-state index in [2.05, 4.69) is 5.32 Å². The summed E-state index contributed by atoms with van der Waals surface area (Å²) in [5, 5.41) is 2.81. The molecule has 0 fully saturated rings. The summed E-state index contributed by atoms with van der Waals surface area (Å²) in [4.78, 5) is 38.2. The van der Waals surface area contributed by atoms with Crippen molar-refractivity contribution in [3.8, 4) is 0 Å². The molecule has 0 atom stereocenters. The van der Waals surface area contributed by atoms with Crippen LogP contribution < -0.4 is 10.2 Å². The minimum Gasteiger partial charge on any atom is -0.462 e. The Kier molecular flexibility index (Phi) is 5.51. The summed E-state index contributed by atoms with van der Waals surface area (Å²) in [5.74, 6) is -1.65. The molecule has 0 spiro atoms. The van der Waals surface area contributed by atoms with Gasteiger partial charge in [-0.05, 0) is 62.2 Å². The van der Waals surface area contributed by atoms with Crippen molar-refractivity contribution in [2.24, 2.45) is 0 Å². The maximum Gasteiger partial charge on any atom is 0.338 e. The third kappa shape index (κ3) is 3.51. The van der Waals surface area contributed by atoms with Crippen molar-refractivity contribution in [1.82, 2.24) is 0 Å². The number of nitrogens with one attached hydrogen (secondary N) is 1. The molecule has 6 nitrogen and oxygen atoms in total. The first kappa shape index (κ1) is 19.6. The minimum atomic E-state index is -0.622. The molecule has 0 bridgehead atoms. The first-order chi connectivity index (χ1) is 13.3. The highest BCUT2D eigenvalue weighted by atomic mass is 35.5. The summed E-state index contributed by atoms with van der Waals surface area (Å²) in [5.41, 5.74) is 3.38. The third-order valence-electron chi connectivity index (χ3n) is 4.53. The van der Waals surface area contributed by atoms with Crippen molar-refractivity contribution in [2.45, 2.75) is 20.8 Å². The van der Waals surface area contributed by atoms with Crippen molar-refractivity contribution >= 4 is 40.8 Å². The second-order valence-corrected chi connectivity index (χ2v) is 6.65. The van der Waals surface area contributed by atoms with Gasteiger partial charge in [0, 0.05) is 5.69 Å². The molecule has 0 saturated carbocycles. The van der Waals surface area contributed by atoms with E-state index in [0.717, 1.165) is 16.0 Å². The number of carbonyl (C=O) groups excluding carboxylic acids is 3. The van der Waals surface area contributed by atoms with Gasteiger partial charge in [0.25, 0.3) is 11.8 Å². The van der Waals surface area contributed by atoms with Crippen molar-refractivity contribution in [3.63, 3.8) is 0 Å². The fourth-order valence-electron chi connectivity index (χ4n) is 2.83. The first-order valence-corrected chi connectivity index (χ1v) is 9.12. The van der Waals surface area contributed by atoms with Crippen LogP contribution in [0.1, 0.15) is 28.4 Å². The SMILES string of the molecule is CCOC(=O)c1ccc(N2C(=O)C(Cl)=C(Nc3cccc(C)c3C)C2=O)cc1. The van der Waals surface area contributed by atoms with Crippen LogP contribution in [-0.4, -0.2) is 24.4 Å². The largest absolute Gasteiger partial charge is 0.462 e. The average molecular weight is 399 g/mol. The number of esters is 1. The van der Waals surface area contributed by atoms with Crippen LogP contribution in [0, 0.1) is 13.8 Å². The van der Waals surface area contributed by atoms with Gasteiger partial charge in [0.05, 0.1) is 17.9 Å². The topological polar surface area (TPSA) is 75.7 Å². The molecule has 2 aromatic carbocycles. The number of halogens is 1. The summed E-state index contributed by atoms with van der Waals surface area (Å²) in [6, 6.07) is 11.6. The number of hydrogen-bond donors (Lipinski definition) is 1. The fraction of sp³-hybridized carbons (Fsp3) is 0.190. The summed E-state index contributed by atoms with van der Waals surface area (Å²) in [7, 11) is 0. The molecule has 1 aliphatic rings. The number of benzene rings is 2. The lowest BCUT2D eigenvalue weighted by atomic mass is 10.1. The molecular formula is C21H19ClN2O4. The van der Waals surface area contributed by atoms with Gasteiger partial charge in [-0.3, -0.25) is 9.59 Å². The molecule has 28 heavy (non-hydrogen) atoms. The second kappa shape index (κ2) is 7.86. The van der Waals surface area contributed by atoms with Crippen LogP contribution in [0.15, 0.2) is 53.2 Å². The number of imide groups is 1. The number of aryl methyl sites for hydroxylation is 1. The normalized spacial score (nSPS) is 13.9. The van der Waals surface area contributed by atoms with Gasteiger partial charge in [0.1, 0.15) is 10.7 Å². The Morgan fingerprint density at radius 3 is 2.39 bits per heavy atom. The van der Waals surface area contributed by atoms with E-state index in [4.69, 9.17) is 16.3 Å². The average Bonchev–Trinajstić information content (AvgIpc) is 2.89. The van der Waals surface area contributed by atoms with Gasteiger partial charge in [-0.25, -0.2) is 9.69 Å². The van der Waals surface area contributed by atoms with Gasteiger partial charge in [-0.1, -0.05) is 23.7 Å². The molecule has 0 aliphatic carbocycles. The Labute approximate surface area is 167 Å². The van der Waals surface area contributed by atoms with Crippen LogP contribution in [-0.2, 0) is 14.3 Å². The molecule has 7 heteroatoms. The zero-order valence-corrected chi connectivity index (χ0v) is 16.5. The molecular weight excluding hydrogens is 380 g/mol. The summed E-state index contributed by atoms with van der Waals surface area (Å²) >= 11 is 6.16. The molecule has 0 unspecified atom stereocenters. The smallest absolute Gasteiger partial charge is 0.338 e. The maximum atomic E-state index is 12.9. The molecule has 2 amide bonds. The second-order valence-electron chi connectivity index (χ2n) is 6.27. The zero-order chi connectivity index (χ0) is 20.4. The Hall–Kier alpha value is -3.12. The summed E-state index contributed by atoms with van der Waals surface area (Å²) < 4.78 is 4.93. The van der Waals surface area contributed by atoms with Crippen LogP contribution in [0.5, 0.6) is 0 Å². The number of rotatable bonds is 5. The predicted molar refractivity (Wildman–Crippen MR) is 107 cm³/mol. The molecule has 3 rings (SSSR count). The van der Waals surface area contributed by atoms with Gasteiger partial charge in [-0.15, -0.1) is 0 Å². The first-order valence-electron chi connectivity index (χ1n) is 8.74. The van der Waals surface area contributed by atoms with Crippen LogP contribution in [0.3, 0.4) is 0 Å². The van der Waals surface area contributed by atoms with Crippen molar-refractivity contribution in [2.75, 3.05) is 16.8 Å². The summed E-state index contributed by atoms with van der Waals surface area (Å²) in [6.07, 6.45) is 0. The maximum absolute atomic E-state index is 12.9. The van der Waals surface area contributed by atoms with Crippen LogP contribution in [0.25, 0.3) is 0 Å². The number of nitrogens with zero attached hydrogens (tertiary/aromatic N) is 1. The molecule has 2 aromatic rings. The molecule has 0 aromatic heterocycles. The number of anilines is 2. The van der Waals surface area contributed by atoms with Crippen molar-refractivity contribution in [3.05, 3.63) is 69.9 Å². The van der Waals surface area contributed by atoms with Crippen LogP contribution in [0.4, 0.5) is 11.4 Å². The highest BCUT2D eigenvalue weighted by Gasteiger charge is 2.39. The number of ether oxygens (including phenoxy) is 1. The van der Waals surface area contributed by atoms with Gasteiger partial charge >= 0.3 is 5.97 Å². The molecule has 0 radical (unpaired) electrons. The lowest BCUT2D eigenvalue weighted by molar-refractivity contribution is -0.120. The van der Waals surface area contributed by atoms with Crippen molar-refractivity contribution < 1.29 is 19.1 Å². The van der Waals surface area contributed by atoms with Crippen LogP contribution in [0.2, 0.25) is 0 Å². The standard InChI is InChI=1S/C21H19ClN2O4/c1-4-28-21(27)14-8-10-15(11-9-14)24-19(25)17(22)18(20(24)26)23-16-7-5-6-12(2)13(16)3/h5-11,23H,4H2,1-3H3. The Morgan fingerprint density at radius 2 is 1.75 bits per heavy atom. The van der Waals surface area contributed by atoms with E-state index in [-0.39, 0.29) is 17.3 Å². The highest BCUT2D eigenvalue weighted by Crippen LogP contribution is 2.31. The van der Waals surface area contributed by atoms with Gasteiger partial charge < -0.3 is 10.1 Å². The molecule has 1 heterocycles. The predicted octanol–water partition coefficient (Wildman–Crippen LogP) is 3.92. The molecule has 1 aliphatic heterocycles. The highest BCUT2D eigenvalue weighted by molar-refractivity contribution is 6.53. The molecule has 0 saturated heterocycles. The van der Waals surface area contributed by atoms with E-state index in [1.54, 1.807) is 6.92 Å². The van der Waals surface area contributed by atoms with E-state index >= 15 is 0 Å². The van der Waals surface area contributed by atoms with E-state index in [0.29, 0.717) is 16.9 Å². The Bertz CT molecular complexity index is 996. The van der Waals surface area contributed by atoms with Crippen LogP contribution >= 0.6 is 11.6 Å². The van der Waals surface area contributed by atoms with E-state index < -0.39 is 17.8 Å². The monoisotopic (exact) mass is 398 g/mol. The van der Waals surface area contributed by atoms with E-state index in [9.17, 15) is 14.4 Å². The number of hydrogen-bond acceptors (Lipinski definition) is 5. The molecule has 144 valence electrons. The van der Waals surface area contributed by atoms with Gasteiger partial charge in [-0.2, -0.15) is 0 Å². The lowest BCUT2D eigenvalue weighted by Gasteiger charge is -2.16. The third-order valence-corrected chi connectivity index (χ3v) is 4.88. The van der Waals surface area contributed by atoms with Gasteiger partial charge in [0.2, 0.25) is 0 Å². The van der Waals surface area contributed by atoms with E-state index in [1.165, 1.54) is 24.3 Å². The number of carbonyl (C=O) groups is 3.